The van der Waals surface area contributed by atoms with Gasteiger partial charge in [0.15, 0.2) is 5.58 Å². The topological polar surface area (TPSA) is 31.0 Å². The minimum atomic E-state index is 0.543. The third kappa shape index (κ3) is 3.71. The van der Waals surface area contributed by atoms with Crippen molar-refractivity contribution in [1.82, 2.24) is 9.55 Å². The Balaban J connectivity index is 1.51. The van der Waals surface area contributed by atoms with Gasteiger partial charge in [-0.3, -0.25) is 0 Å². The van der Waals surface area contributed by atoms with Gasteiger partial charge in [0.25, 0.3) is 0 Å². The van der Waals surface area contributed by atoms with E-state index < -0.39 is 0 Å². The van der Waals surface area contributed by atoms with Crippen LogP contribution in [0, 0.1) is 0 Å². The van der Waals surface area contributed by atoms with Crippen LogP contribution >= 0.6 is 0 Å². The van der Waals surface area contributed by atoms with Crippen molar-refractivity contribution in [2.24, 2.45) is 0 Å². The highest BCUT2D eigenvalue weighted by Crippen LogP contribution is 2.37. The second-order valence-corrected chi connectivity index (χ2v) is 10.0. The quantitative estimate of drug-likeness (QED) is 0.242. The molecule has 36 heavy (non-hydrogen) atoms. The highest BCUT2D eigenvalue weighted by Gasteiger charge is 2.16. The summed E-state index contributed by atoms with van der Waals surface area (Å²) in [5, 5.41) is 2.66. The predicted molar refractivity (Wildman–Crippen MR) is 151 cm³/mol. The number of hydrogen-bond acceptors (Lipinski definition) is 2. The standard InChI is InChI=1S/C33H32N2O/c1-5-21(3)24-13-17-30-27(19-24)28-20-25(22(4)6-2)14-18-31(28)35(30)26-15-11-23(12-16-26)33-34-29-9-7-8-10-32(29)36-33/h7-22H,5-6H2,1-4H3. The first kappa shape index (κ1) is 22.6. The van der Waals surface area contributed by atoms with Gasteiger partial charge in [0.05, 0.1) is 11.0 Å². The van der Waals surface area contributed by atoms with Crippen LogP contribution in [-0.2, 0) is 0 Å². The van der Waals surface area contributed by atoms with Crippen LogP contribution in [0.15, 0.2) is 89.3 Å². The van der Waals surface area contributed by atoms with Gasteiger partial charge in [-0.05, 0) is 96.5 Å². The van der Waals surface area contributed by atoms with Crippen molar-refractivity contribution in [3.05, 3.63) is 96.1 Å². The lowest BCUT2D eigenvalue weighted by molar-refractivity contribution is 0.620. The molecule has 180 valence electrons. The summed E-state index contributed by atoms with van der Waals surface area (Å²) in [5.41, 5.74) is 9.12. The summed E-state index contributed by atoms with van der Waals surface area (Å²) in [6.07, 6.45) is 2.28. The van der Waals surface area contributed by atoms with E-state index in [4.69, 9.17) is 4.42 Å². The maximum Gasteiger partial charge on any atom is 0.227 e. The molecule has 2 aromatic heterocycles. The highest BCUT2D eigenvalue weighted by molar-refractivity contribution is 6.09. The van der Waals surface area contributed by atoms with Crippen molar-refractivity contribution in [3.8, 4) is 17.1 Å². The van der Waals surface area contributed by atoms with E-state index in [1.165, 1.54) is 32.9 Å². The molecule has 2 unspecified atom stereocenters. The molecular weight excluding hydrogens is 440 g/mol. The summed E-state index contributed by atoms with van der Waals surface area (Å²) in [7, 11) is 0. The summed E-state index contributed by atoms with van der Waals surface area (Å²) in [4.78, 5) is 4.67. The Morgan fingerprint density at radius 1 is 0.722 bits per heavy atom. The average Bonchev–Trinajstić information content (AvgIpc) is 3.51. The van der Waals surface area contributed by atoms with Gasteiger partial charge < -0.3 is 8.98 Å². The molecule has 2 atom stereocenters. The summed E-state index contributed by atoms with van der Waals surface area (Å²) in [5.74, 6) is 1.74. The first-order valence-electron chi connectivity index (χ1n) is 13.1. The van der Waals surface area contributed by atoms with Crippen molar-refractivity contribution in [2.75, 3.05) is 0 Å². The minimum absolute atomic E-state index is 0.543. The Labute approximate surface area is 212 Å². The second-order valence-electron chi connectivity index (χ2n) is 10.0. The van der Waals surface area contributed by atoms with E-state index in [1.807, 2.05) is 24.3 Å². The molecule has 0 aliphatic heterocycles. The summed E-state index contributed by atoms with van der Waals surface area (Å²) in [6.45, 7) is 9.15. The van der Waals surface area contributed by atoms with E-state index in [9.17, 15) is 0 Å². The van der Waals surface area contributed by atoms with E-state index in [0.29, 0.717) is 17.7 Å². The molecule has 0 aliphatic carbocycles. The number of aromatic nitrogens is 2. The number of fused-ring (bicyclic) bond motifs is 4. The van der Waals surface area contributed by atoms with Crippen LogP contribution in [0.25, 0.3) is 50.0 Å². The molecule has 4 aromatic carbocycles. The molecule has 0 fully saturated rings. The molecule has 6 rings (SSSR count). The Morgan fingerprint density at radius 2 is 1.31 bits per heavy atom. The normalized spacial score (nSPS) is 13.6. The summed E-state index contributed by atoms with van der Waals surface area (Å²) < 4.78 is 8.39. The zero-order chi connectivity index (χ0) is 24.8. The molecule has 0 N–H and O–H groups in total. The fourth-order valence-electron chi connectivity index (χ4n) is 5.17. The molecule has 3 heteroatoms. The van der Waals surface area contributed by atoms with Gasteiger partial charge in [-0.25, -0.2) is 4.98 Å². The monoisotopic (exact) mass is 472 g/mol. The van der Waals surface area contributed by atoms with E-state index in [1.54, 1.807) is 0 Å². The first-order valence-corrected chi connectivity index (χ1v) is 13.1. The summed E-state index contributed by atoms with van der Waals surface area (Å²) >= 11 is 0. The van der Waals surface area contributed by atoms with Gasteiger partial charge in [0.2, 0.25) is 5.89 Å². The SMILES string of the molecule is CCC(C)c1ccc2c(c1)c1cc(C(C)CC)ccc1n2-c1ccc(-c2nc3ccccc3o2)cc1. The number of rotatable bonds is 6. The minimum Gasteiger partial charge on any atom is -0.436 e. The van der Waals surface area contributed by atoms with E-state index in [2.05, 4.69) is 97.9 Å². The fourth-order valence-corrected chi connectivity index (χ4v) is 5.17. The molecule has 3 nitrogen and oxygen atoms in total. The van der Waals surface area contributed by atoms with Crippen molar-refractivity contribution in [3.63, 3.8) is 0 Å². The lowest BCUT2D eigenvalue weighted by Crippen LogP contribution is -1.95. The van der Waals surface area contributed by atoms with Crippen molar-refractivity contribution >= 4 is 32.9 Å². The number of para-hydroxylation sites is 2. The van der Waals surface area contributed by atoms with Gasteiger partial charge in [-0.15, -0.1) is 0 Å². The maximum absolute atomic E-state index is 6.00. The van der Waals surface area contributed by atoms with Gasteiger partial charge in [-0.1, -0.05) is 52.0 Å². The lowest BCUT2D eigenvalue weighted by atomic mass is 9.95. The average molecular weight is 473 g/mol. The van der Waals surface area contributed by atoms with Crippen molar-refractivity contribution in [1.29, 1.82) is 0 Å². The first-order chi connectivity index (χ1) is 17.6. The molecule has 0 radical (unpaired) electrons. The second kappa shape index (κ2) is 8.98. The zero-order valence-electron chi connectivity index (χ0n) is 21.5. The Bertz CT molecular complexity index is 1590. The van der Waals surface area contributed by atoms with Crippen LogP contribution < -0.4 is 0 Å². The molecule has 0 bridgehead atoms. The number of oxazole rings is 1. The van der Waals surface area contributed by atoms with Crippen molar-refractivity contribution < 1.29 is 4.42 Å². The Kier molecular flexibility index (Phi) is 5.64. The van der Waals surface area contributed by atoms with Gasteiger partial charge in [0.1, 0.15) is 5.52 Å². The van der Waals surface area contributed by atoms with Crippen LogP contribution in [0.2, 0.25) is 0 Å². The van der Waals surface area contributed by atoms with Gasteiger partial charge in [-0.2, -0.15) is 0 Å². The third-order valence-electron chi connectivity index (χ3n) is 7.84. The van der Waals surface area contributed by atoms with Crippen LogP contribution in [0.4, 0.5) is 0 Å². The Morgan fingerprint density at radius 3 is 1.86 bits per heavy atom. The molecule has 0 aliphatic rings. The van der Waals surface area contributed by atoms with Crippen LogP contribution in [-0.4, -0.2) is 9.55 Å². The molecule has 0 saturated carbocycles. The zero-order valence-corrected chi connectivity index (χ0v) is 21.5. The number of hydrogen-bond donors (Lipinski definition) is 0. The lowest BCUT2D eigenvalue weighted by Gasteiger charge is -2.11. The van der Waals surface area contributed by atoms with Crippen LogP contribution in [0.1, 0.15) is 63.5 Å². The molecule has 0 amide bonds. The Hall–Kier alpha value is -3.85. The van der Waals surface area contributed by atoms with Crippen molar-refractivity contribution in [2.45, 2.75) is 52.4 Å². The summed E-state index contributed by atoms with van der Waals surface area (Å²) in [6, 6.07) is 30.5. The van der Waals surface area contributed by atoms with E-state index in [0.717, 1.165) is 35.2 Å². The number of nitrogens with zero attached hydrogens (tertiary/aromatic N) is 2. The maximum atomic E-state index is 6.00. The van der Waals surface area contributed by atoms with E-state index >= 15 is 0 Å². The largest absolute Gasteiger partial charge is 0.436 e. The van der Waals surface area contributed by atoms with Crippen LogP contribution in [0.3, 0.4) is 0 Å². The molecule has 6 aromatic rings. The van der Waals surface area contributed by atoms with E-state index in [-0.39, 0.29) is 0 Å². The predicted octanol–water partition coefficient (Wildman–Crippen LogP) is 9.62. The number of benzene rings is 4. The fraction of sp³-hybridized carbons (Fsp3) is 0.242. The van der Waals surface area contributed by atoms with Gasteiger partial charge in [0, 0.05) is 22.0 Å². The molecule has 0 spiro atoms. The third-order valence-corrected chi connectivity index (χ3v) is 7.84. The molecule has 0 saturated heterocycles. The highest BCUT2D eigenvalue weighted by atomic mass is 16.3. The van der Waals surface area contributed by atoms with Gasteiger partial charge >= 0.3 is 0 Å². The molecule has 2 heterocycles. The molecular formula is C33H32N2O. The smallest absolute Gasteiger partial charge is 0.227 e. The van der Waals surface area contributed by atoms with Crippen LogP contribution in [0.5, 0.6) is 0 Å².